The van der Waals surface area contributed by atoms with Crippen LogP contribution in [0.15, 0.2) is 54.6 Å². The van der Waals surface area contributed by atoms with Crippen LogP contribution in [0.3, 0.4) is 0 Å². The van der Waals surface area contributed by atoms with Gasteiger partial charge in [0.1, 0.15) is 0 Å². The second-order valence-electron chi connectivity index (χ2n) is 6.53. The highest BCUT2D eigenvalue weighted by molar-refractivity contribution is 6.34. The van der Waals surface area contributed by atoms with E-state index in [1.165, 1.54) is 12.1 Å². The van der Waals surface area contributed by atoms with Crippen LogP contribution in [0, 0.1) is 0 Å². The van der Waals surface area contributed by atoms with Crippen LogP contribution >= 0.6 is 11.6 Å². The predicted octanol–water partition coefficient (Wildman–Crippen LogP) is 5.31. The molecule has 152 valence electrons. The first kappa shape index (κ1) is 22.2. The average molecular weight is 413 g/mol. The van der Waals surface area contributed by atoms with E-state index in [1.54, 1.807) is 0 Å². The number of carbonyl (C=O) groups excluding carboxylic acids is 1. The Bertz CT molecular complexity index is 703. The van der Waals surface area contributed by atoms with Crippen molar-refractivity contribution < 1.29 is 18.0 Å². The fourth-order valence-corrected chi connectivity index (χ4v) is 3.22. The van der Waals surface area contributed by atoms with Gasteiger partial charge < -0.3 is 10.6 Å². The monoisotopic (exact) mass is 412 g/mol. The maximum Gasteiger partial charge on any atom is 0.417 e. The number of benzene rings is 2. The molecule has 28 heavy (non-hydrogen) atoms. The Morgan fingerprint density at radius 3 is 2.29 bits per heavy atom. The number of carbonyl (C=O) groups is 1. The van der Waals surface area contributed by atoms with Gasteiger partial charge in [-0.2, -0.15) is 13.2 Å². The summed E-state index contributed by atoms with van der Waals surface area (Å²) in [6, 6.07) is 15.5. The molecule has 1 amide bonds. The third kappa shape index (κ3) is 7.17. The van der Waals surface area contributed by atoms with Gasteiger partial charge in [0.05, 0.1) is 16.1 Å². The van der Waals surface area contributed by atoms with Crippen molar-refractivity contribution in [2.24, 2.45) is 0 Å². The van der Waals surface area contributed by atoms with Crippen LogP contribution in [-0.4, -0.2) is 25.0 Å². The number of alkyl halides is 3. The summed E-state index contributed by atoms with van der Waals surface area (Å²) in [6.45, 7) is 1.27. The first-order valence-corrected chi connectivity index (χ1v) is 9.64. The number of rotatable bonds is 3. The topological polar surface area (TPSA) is 41.1 Å². The molecule has 2 aromatic rings. The van der Waals surface area contributed by atoms with Gasteiger partial charge in [-0.1, -0.05) is 66.9 Å². The minimum Gasteiger partial charge on any atom is -0.350 e. The second-order valence-corrected chi connectivity index (χ2v) is 6.91. The van der Waals surface area contributed by atoms with E-state index < -0.39 is 22.7 Å². The molecule has 0 spiro atoms. The minimum atomic E-state index is -4.57. The van der Waals surface area contributed by atoms with Crippen molar-refractivity contribution in [3.05, 3.63) is 70.7 Å². The number of amides is 1. The van der Waals surface area contributed by atoms with Crippen LogP contribution in [0.25, 0.3) is 0 Å². The summed E-state index contributed by atoms with van der Waals surface area (Å²) in [5.41, 5.74) is -1.14. The molecule has 1 atom stereocenters. The van der Waals surface area contributed by atoms with E-state index in [9.17, 15) is 18.0 Å². The zero-order chi connectivity index (χ0) is 20.4. The van der Waals surface area contributed by atoms with E-state index in [0.717, 1.165) is 38.3 Å². The zero-order valence-electron chi connectivity index (χ0n) is 15.4. The van der Waals surface area contributed by atoms with Gasteiger partial charge in [-0.25, -0.2) is 0 Å². The lowest BCUT2D eigenvalue weighted by molar-refractivity contribution is -0.137. The molecular formula is C21H24ClF3N2O. The van der Waals surface area contributed by atoms with Gasteiger partial charge in [0.25, 0.3) is 5.91 Å². The van der Waals surface area contributed by atoms with Crippen LogP contribution < -0.4 is 10.6 Å². The molecule has 0 radical (unpaired) electrons. The Labute approximate surface area is 168 Å². The predicted molar refractivity (Wildman–Crippen MR) is 105 cm³/mol. The highest BCUT2D eigenvalue weighted by Gasteiger charge is 2.34. The SMILES string of the molecule is O=C(NCC1CCCCCN1)c1cccc(C(F)(F)F)c1Cl.c1ccccc1. The van der Waals surface area contributed by atoms with Gasteiger partial charge in [-0.3, -0.25) is 4.79 Å². The number of hydrogen-bond acceptors (Lipinski definition) is 2. The van der Waals surface area contributed by atoms with E-state index >= 15 is 0 Å². The maximum absolute atomic E-state index is 12.8. The van der Waals surface area contributed by atoms with E-state index in [-0.39, 0.29) is 11.6 Å². The van der Waals surface area contributed by atoms with Crippen LogP contribution in [0.1, 0.15) is 41.6 Å². The Kier molecular flexibility index (Phi) is 8.80. The lowest BCUT2D eigenvalue weighted by Gasteiger charge is -2.17. The minimum absolute atomic E-state index is 0.148. The highest BCUT2D eigenvalue weighted by atomic mass is 35.5. The molecule has 0 saturated carbocycles. The molecule has 3 nitrogen and oxygen atoms in total. The lowest BCUT2D eigenvalue weighted by atomic mass is 10.1. The largest absolute Gasteiger partial charge is 0.417 e. The van der Waals surface area contributed by atoms with Crippen molar-refractivity contribution in [3.63, 3.8) is 0 Å². The third-order valence-electron chi connectivity index (χ3n) is 4.39. The first-order valence-electron chi connectivity index (χ1n) is 9.27. The van der Waals surface area contributed by atoms with Crippen molar-refractivity contribution in [2.75, 3.05) is 13.1 Å². The molecular weight excluding hydrogens is 389 g/mol. The van der Waals surface area contributed by atoms with Gasteiger partial charge in [0, 0.05) is 12.6 Å². The molecule has 2 aromatic carbocycles. The summed E-state index contributed by atoms with van der Waals surface area (Å²) in [6.07, 6.45) is -0.300. The Morgan fingerprint density at radius 2 is 1.68 bits per heavy atom. The van der Waals surface area contributed by atoms with E-state index in [0.29, 0.717) is 6.54 Å². The van der Waals surface area contributed by atoms with Crippen molar-refractivity contribution in [1.82, 2.24) is 10.6 Å². The van der Waals surface area contributed by atoms with Gasteiger partial charge in [0.15, 0.2) is 0 Å². The molecule has 1 heterocycles. The third-order valence-corrected chi connectivity index (χ3v) is 4.79. The summed E-state index contributed by atoms with van der Waals surface area (Å²) >= 11 is 5.74. The lowest BCUT2D eigenvalue weighted by Crippen LogP contribution is -2.40. The first-order chi connectivity index (χ1) is 13.4. The quantitative estimate of drug-likeness (QED) is 0.717. The summed E-state index contributed by atoms with van der Waals surface area (Å²) in [7, 11) is 0. The Morgan fingerprint density at radius 1 is 1.04 bits per heavy atom. The maximum atomic E-state index is 12.8. The van der Waals surface area contributed by atoms with E-state index in [2.05, 4.69) is 10.6 Å². The fraction of sp³-hybridized carbons (Fsp3) is 0.381. The highest BCUT2D eigenvalue weighted by Crippen LogP contribution is 2.36. The molecule has 0 aromatic heterocycles. The summed E-state index contributed by atoms with van der Waals surface area (Å²) in [4.78, 5) is 12.1. The van der Waals surface area contributed by atoms with E-state index in [4.69, 9.17) is 11.6 Å². The van der Waals surface area contributed by atoms with Gasteiger partial charge >= 0.3 is 6.18 Å². The van der Waals surface area contributed by atoms with Gasteiger partial charge in [0.2, 0.25) is 0 Å². The standard InChI is InChI=1S/C15H18ClF3N2O.C6H6/c16-13-11(6-4-7-12(13)15(17,18)19)14(22)21-9-10-5-2-1-3-8-20-10;1-2-4-6-5-3-1/h4,6-7,10,20H,1-3,5,8-9H2,(H,21,22);1-6H. The normalized spacial score (nSPS) is 17.1. The molecule has 2 N–H and O–H groups in total. The molecule has 7 heteroatoms. The van der Waals surface area contributed by atoms with E-state index in [1.807, 2.05) is 36.4 Å². The molecule has 1 aliphatic heterocycles. The van der Waals surface area contributed by atoms with Crippen LogP contribution in [-0.2, 0) is 6.18 Å². The van der Waals surface area contributed by atoms with Crippen molar-refractivity contribution in [3.8, 4) is 0 Å². The number of nitrogens with one attached hydrogen (secondary N) is 2. The molecule has 1 aliphatic rings. The van der Waals surface area contributed by atoms with Crippen molar-refractivity contribution >= 4 is 17.5 Å². The summed E-state index contributed by atoms with van der Waals surface area (Å²) in [5.74, 6) is -0.581. The molecule has 0 aliphatic carbocycles. The van der Waals surface area contributed by atoms with Gasteiger partial charge in [-0.15, -0.1) is 0 Å². The van der Waals surface area contributed by atoms with Crippen LogP contribution in [0.4, 0.5) is 13.2 Å². The number of hydrogen-bond donors (Lipinski definition) is 2. The molecule has 1 saturated heterocycles. The van der Waals surface area contributed by atoms with Gasteiger partial charge in [-0.05, 0) is 31.5 Å². The summed E-state index contributed by atoms with van der Waals surface area (Å²) in [5, 5.41) is 5.42. The van der Waals surface area contributed by atoms with Crippen LogP contribution in [0.5, 0.6) is 0 Å². The molecule has 1 unspecified atom stereocenters. The average Bonchev–Trinajstić information content (AvgIpc) is 2.96. The zero-order valence-corrected chi connectivity index (χ0v) is 16.2. The fourth-order valence-electron chi connectivity index (χ4n) is 2.90. The van der Waals surface area contributed by atoms with Crippen molar-refractivity contribution in [1.29, 1.82) is 0 Å². The smallest absolute Gasteiger partial charge is 0.350 e. The Hall–Kier alpha value is -2.05. The number of halogens is 4. The Balaban J connectivity index is 0.000000397. The second kappa shape index (κ2) is 11.1. The molecule has 1 fully saturated rings. The van der Waals surface area contributed by atoms with Crippen molar-refractivity contribution in [2.45, 2.75) is 37.9 Å². The summed E-state index contributed by atoms with van der Waals surface area (Å²) < 4.78 is 38.4. The van der Waals surface area contributed by atoms with Crippen LogP contribution in [0.2, 0.25) is 5.02 Å². The molecule has 3 rings (SSSR count). The molecule has 0 bridgehead atoms.